The fraction of sp³-hybridized carbons (Fsp3) is 0.444. The highest BCUT2D eigenvalue weighted by molar-refractivity contribution is 6.60. The molecule has 2 heterocycles. The molecule has 2 fully saturated rings. The van der Waals surface area contributed by atoms with Crippen molar-refractivity contribution >= 4 is 24.8 Å². The SMILES string of the molecule is CO[C@H]1C[C@H](c2nc(C3CC3)no2)N(C(=O)c2ccc(B(O)O)c(C=O)c2)C1. The monoisotopic (exact) mass is 385 g/mol. The van der Waals surface area contributed by atoms with Gasteiger partial charge in [-0.25, -0.2) is 0 Å². The van der Waals surface area contributed by atoms with Gasteiger partial charge >= 0.3 is 7.12 Å². The molecule has 28 heavy (non-hydrogen) atoms. The molecule has 0 unspecified atom stereocenters. The first-order chi connectivity index (χ1) is 13.5. The Morgan fingerprint density at radius 1 is 1.39 bits per heavy atom. The minimum Gasteiger partial charge on any atom is -0.423 e. The molecule has 2 aliphatic rings. The molecule has 0 bridgehead atoms. The summed E-state index contributed by atoms with van der Waals surface area (Å²) in [6, 6.07) is 3.76. The van der Waals surface area contributed by atoms with Crippen molar-refractivity contribution in [3.63, 3.8) is 0 Å². The van der Waals surface area contributed by atoms with Gasteiger partial charge in [-0.15, -0.1) is 0 Å². The zero-order chi connectivity index (χ0) is 19.8. The predicted molar refractivity (Wildman–Crippen MR) is 97.1 cm³/mol. The molecule has 2 N–H and O–H groups in total. The van der Waals surface area contributed by atoms with Crippen molar-refractivity contribution in [3.8, 4) is 0 Å². The number of benzene rings is 1. The second-order valence-electron chi connectivity index (χ2n) is 7.17. The maximum atomic E-state index is 13.1. The van der Waals surface area contributed by atoms with Gasteiger partial charge in [0.2, 0.25) is 5.89 Å². The summed E-state index contributed by atoms with van der Waals surface area (Å²) in [7, 11) is -0.206. The lowest BCUT2D eigenvalue weighted by Gasteiger charge is -2.22. The van der Waals surface area contributed by atoms with Gasteiger partial charge in [0.25, 0.3) is 5.91 Å². The second kappa shape index (κ2) is 7.46. The van der Waals surface area contributed by atoms with Crippen molar-refractivity contribution in [1.29, 1.82) is 0 Å². The van der Waals surface area contributed by atoms with Crippen LogP contribution in [0.25, 0.3) is 0 Å². The number of likely N-dealkylation sites (tertiary alicyclic amines) is 1. The molecule has 9 nitrogen and oxygen atoms in total. The molecule has 10 heteroatoms. The van der Waals surface area contributed by atoms with E-state index in [-0.39, 0.29) is 28.6 Å². The highest BCUT2D eigenvalue weighted by Crippen LogP contribution is 2.40. The van der Waals surface area contributed by atoms with Gasteiger partial charge < -0.3 is 24.2 Å². The van der Waals surface area contributed by atoms with Crippen molar-refractivity contribution < 1.29 is 28.9 Å². The minimum atomic E-state index is -1.79. The molecule has 2 atom stereocenters. The predicted octanol–water partition coefficient (Wildman–Crippen LogP) is 0.0415. The largest absolute Gasteiger partial charge is 0.489 e. The van der Waals surface area contributed by atoms with Crippen LogP contribution in [0.15, 0.2) is 22.7 Å². The Morgan fingerprint density at radius 2 is 2.18 bits per heavy atom. The van der Waals surface area contributed by atoms with E-state index in [9.17, 15) is 19.6 Å². The minimum absolute atomic E-state index is 0.0465. The summed E-state index contributed by atoms with van der Waals surface area (Å²) in [5.41, 5.74) is 0.356. The summed E-state index contributed by atoms with van der Waals surface area (Å²) in [6.45, 7) is 0.349. The summed E-state index contributed by atoms with van der Waals surface area (Å²) in [5.74, 6) is 1.08. The van der Waals surface area contributed by atoms with Crippen molar-refractivity contribution in [2.45, 2.75) is 37.3 Å². The average molecular weight is 385 g/mol. The van der Waals surface area contributed by atoms with Gasteiger partial charge in [0, 0.05) is 37.1 Å². The number of aromatic nitrogens is 2. The van der Waals surface area contributed by atoms with Crippen LogP contribution in [0.1, 0.15) is 63.7 Å². The fourth-order valence-electron chi connectivity index (χ4n) is 3.53. The van der Waals surface area contributed by atoms with Crippen molar-refractivity contribution in [2.24, 2.45) is 0 Å². The maximum absolute atomic E-state index is 13.1. The van der Waals surface area contributed by atoms with E-state index < -0.39 is 13.2 Å². The number of hydrogen-bond acceptors (Lipinski definition) is 8. The van der Waals surface area contributed by atoms with Crippen LogP contribution in [0, 0.1) is 0 Å². The number of methoxy groups -OCH3 is 1. The van der Waals surface area contributed by atoms with Gasteiger partial charge in [-0.2, -0.15) is 4.98 Å². The number of carbonyl (C=O) groups is 2. The Hall–Kier alpha value is -2.56. The Morgan fingerprint density at radius 3 is 2.82 bits per heavy atom. The normalized spacial score (nSPS) is 21.8. The maximum Gasteiger partial charge on any atom is 0.489 e. The van der Waals surface area contributed by atoms with E-state index in [0.717, 1.165) is 12.8 Å². The van der Waals surface area contributed by atoms with Gasteiger partial charge in [-0.05, 0) is 30.4 Å². The summed E-state index contributed by atoms with van der Waals surface area (Å²) in [4.78, 5) is 30.5. The van der Waals surface area contributed by atoms with Crippen molar-refractivity contribution in [2.75, 3.05) is 13.7 Å². The lowest BCUT2D eigenvalue weighted by Crippen LogP contribution is -2.35. The number of hydrogen-bond donors (Lipinski definition) is 2. The van der Waals surface area contributed by atoms with Crippen LogP contribution in [0.5, 0.6) is 0 Å². The van der Waals surface area contributed by atoms with Crippen LogP contribution in [0.2, 0.25) is 0 Å². The highest BCUT2D eigenvalue weighted by atomic mass is 16.5. The topological polar surface area (TPSA) is 126 Å². The third-order valence-electron chi connectivity index (χ3n) is 5.28. The number of amides is 1. The zero-order valence-corrected chi connectivity index (χ0v) is 15.3. The summed E-state index contributed by atoms with van der Waals surface area (Å²) < 4.78 is 10.9. The Kier molecular flexibility index (Phi) is 5.01. The molecule has 1 aromatic heterocycles. The first kappa shape index (κ1) is 18.8. The number of nitrogens with zero attached hydrogens (tertiary/aromatic N) is 3. The van der Waals surface area contributed by atoms with Crippen molar-refractivity contribution in [3.05, 3.63) is 41.0 Å². The van der Waals surface area contributed by atoms with Crippen LogP contribution in [-0.2, 0) is 4.74 Å². The quantitative estimate of drug-likeness (QED) is 0.528. The van der Waals surface area contributed by atoms with E-state index in [1.165, 1.54) is 18.2 Å². The smallest absolute Gasteiger partial charge is 0.423 e. The Balaban J connectivity index is 1.62. The fourth-order valence-corrected chi connectivity index (χ4v) is 3.53. The molecule has 146 valence electrons. The third-order valence-corrected chi connectivity index (χ3v) is 5.28. The van der Waals surface area contributed by atoms with Gasteiger partial charge in [-0.1, -0.05) is 11.2 Å². The van der Waals surface area contributed by atoms with Gasteiger partial charge in [0.1, 0.15) is 12.3 Å². The Labute approximate surface area is 161 Å². The van der Waals surface area contributed by atoms with Crippen LogP contribution >= 0.6 is 0 Å². The number of carbonyl (C=O) groups excluding carboxylic acids is 2. The lowest BCUT2D eigenvalue weighted by atomic mass is 9.77. The van der Waals surface area contributed by atoms with E-state index in [1.807, 2.05) is 0 Å². The van der Waals surface area contributed by atoms with Crippen LogP contribution < -0.4 is 5.46 Å². The van der Waals surface area contributed by atoms with Gasteiger partial charge in [0.05, 0.1) is 6.10 Å². The molecule has 1 saturated heterocycles. The standard InChI is InChI=1S/C18H20BN3O6/c1-27-13-7-15(17-20-16(21-28-17)10-2-3-10)22(8-13)18(24)11-4-5-14(19(25)26)12(6-11)9-23/h4-6,9-10,13,15,25-26H,2-3,7-8H2,1H3/t13-,15+/m0/s1. The molecule has 4 rings (SSSR count). The molecule has 1 aliphatic heterocycles. The molecular formula is C18H20BN3O6. The summed E-state index contributed by atoms with van der Waals surface area (Å²) in [5, 5.41) is 22.7. The Bertz CT molecular complexity index is 897. The summed E-state index contributed by atoms with van der Waals surface area (Å²) in [6.07, 6.45) is 2.94. The van der Waals surface area contributed by atoms with E-state index in [2.05, 4.69) is 10.1 Å². The molecule has 1 saturated carbocycles. The van der Waals surface area contributed by atoms with E-state index in [4.69, 9.17) is 9.26 Å². The lowest BCUT2D eigenvalue weighted by molar-refractivity contribution is 0.0671. The van der Waals surface area contributed by atoms with Crippen molar-refractivity contribution in [1.82, 2.24) is 15.0 Å². The van der Waals surface area contributed by atoms with Crippen LogP contribution in [-0.4, -0.2) is 64.2 Å². The molecule has 0 radical (unpaired) electrons. The van der Waals surface area contributed by atoms with E-state index in [1.54, 1.807) is 12.0 Å². The number of rotatable bonds is 6. The third kappa shape index (κ3) is 3.46. The summed E-state index contributed by atoms with van der Waals surface area (Å²) >= 11 is 0. The molecule has 1 aliphatic carbocycles. The van der Waals surface area contributed by atoms with E-state index in [0.29, 0.717) is 36.9 Å². The van der Waals surface area contributed by atoms with Gasteiger partial charge in [0.15, 0.2) is 5.82 Å². The second-order valence-corrected chi connectivity index (χ2v) is 7.17. The molecule has 0 spiro atoms. The molecule has 1 aromatic carbocycles. The average Bonchev–Trinajstić information content (AvgIpc) is 3.28. The number of aldehydes is 1. The van der Waals surface area contributed by atoms with Crippen LogP contribution in [0.4, 0.5) is 0 Å². The molecule has 1 amide bonds. The van der Waals surface area contributed by atoms with Gasteiger partial charge in [-0.3, -0.25) is 9.59 Å². The first-order valence-electron chi connectivity index (χ1n) is 9.14. The molecule has 2 aromatic rings. The molecular weight excluding hydrogens is 365 g/mol. The van der Waals surface area contributed by atoms with E-state index >= 15 is 0 Å². The van der Waals surface area contributed by atoms with Crippen LogP contribution in [0.3, 0.4) is 0 Å². The zero-order valence-electron chi connectivity index (χ0n) is 15.3. The first-order valence-corrected chi connectivity index (χ1v) is 9.14. The number of ether oxygens (including phenoxy) is 1. The highest BCUT2D eigenvalue weighted by Gasteiger charge is 2.41.